The van der Waals surface area contributed by atoms with Gasteiger partial charge in [0.1, 0.15) is 5.60 Å². The van der Waals surface area contributed by atoms with Crippen LogP contribution < -0.4 is 0 Å². The van der Waals surface area contributed by atoms with Crippen molar-refractivity contribution >= 4 is 5.91 Å². The van der Waals surface area contributed by atoms with E-state index in [4.69, 9.17) is 9.47 Å². The lowest BCUT2D eigenvalue weighted by atomic mass is 9.84. The van der Waals surface area contributed by atoms with Gasteiger partial charge in [-0.05, 0) is 18.8 Å². The fraction of sp³-hybridized carbons (Fsp3) is 0.923. The van der Waals surface area contributed by atoms with E-state index in [1.807, 2.05) is 4.90 Å². The van der Waals surface area contributed by atoms with Crippen molar-refractivity contribution in [2.24, 2.45) is 11.8 Å². The monoisotopic (exact) mass is 239 g/mol. The molecular weight excluding hydrogens is 218 g/mol. The minimum Gasteiger partial charge on any atom is -0.381 e. The second-order valence-corrected chi connectivity index (χ2v) is 5.90. The highest BCUT2D eigenvalue weighted by molar-refractivity contribution is 5.82. The van der Waals surface area contributed by atoms with Crippen LogP contribution in [-0.2, 0) is 14.3 Å². The Morgan fingerprint density at radius 2 is 2.18 bits per heavy atom. The van der Waals surface area contributed by atoms with Gasteiger partial charge in [0, 0.05) is 26.1 Å². The van der Waals surface area contributed by atoms with Crippen molar-refractivity contribution in [3.63, 3.8) is 0 Å². The van der Waals surface area contributed by atoms with E-state index in [9.17, 15) is 4.79 Å². The summed E-state index contributed by atoms with van der Waals surface area (Å²) in [6.45, 7) is 4.46. The predicted molar refractivity (Wildman–Crippen MR) is 62.6 cm³/mol. The molecule has 3 rings (SSSR count). The highest BCUT2D eigenvalue weighted by Crippen LogP contribution is 2.43. The Kier molecular flexibility index (Phi) is 2.67. The number of carbonyl (C=O) groups excluding carboxylic acids is 1. The summed E-state index contributed by atoms with van der Waals surface area (Å²) in [6.07, 6.45) is 3.30. The first-order valence-electron chi connectivity index (χ1n) is 6.59. The van der Waals surface area contributed by atoms with Crippen molar-refractivity contribution in [1.82, 2.24) is 4.90 Å². The summed E-state index contributed by atoms with van der Waals surface area (Å²) in [5, 5.41) is 0. The molecule has 0 aromatic rings. The van der Waals surface area contributed by atoms with E-state index >= 15 is 0 Å². The Balaban J connectivity index is 1.54. The molecule has 3 atom stereocenters. The second-order valence-electron chi connectivity index (χ2n) is 5.90. The summed E-state index contributed by atoms with van der Waals surface area (Å²) in [6, 6.07) is 0. The Morgan fingerprint density at radius 3 is 2.76 bits per heavy atom. The van der Waals surface area contributed by atoms with Crippen molar-refractivity contribution < 1.29 is 14.3 Å². The Morgan fingerprint density at radius 1 is 1.47 bits per heavy atom. The third-order valence-electron chi connectivity index (χ3n) is 4.48. The van der Waals surface area contributed by atoms with Crippen molar-refractivity contribution in [3.05, 3.63) is 0 Å². The van der Waals surface area contributed by atoms with Gasteiger partial charge < -0.3 is 14.4 Å². The zero-order valence-electron chi connectivity index (χ0n) is 10.6. The van der Waals surface area contributed by atoms with E-state index in [1.165, 1.54) is 0 Å². The lowest BCUT2D eigenvalue weighted by Crippen LogP contribution is -2.67. The molecule has 0 aromatic heterocycles. The average Bonchev–Trinajstić information content (AvgIpc) is 3.02. The Labute approximate surface area is 102 Å². The minimum absolute atomic E-state index is 0.0906. The van der Waals surface area contributed by atoms with Crippen LogP contribution in [0.3, 0.4) is 0 Å². The Bertz CT molecular complexity index is 325. The third kappa shape index (κ3) is 1.97. The van der Waals surface area contributed by atoms with Crippen molar-refractivity contribution in [2.75, 3.05) is 26.8 Å². The zero-order valence-corrected chi connectivity index (χ0v) is 10.6. The van der Waals surface area contributed by atoms with Gasteiger partial charge in [-0.15, -0.1) is 0 Å². The lowest BCUT2D eigenvalue weighted by Gasteiger charge is -2.53. The van der Waals surface area contributed by atoms with Gasteiger partial charge in [-0.25, -0.2) is 0 Å². The second kappa shape index (κ2) is 3.95. The van der Waals surface area contributed by atoms with Gasteiger partial charge in [0.25, 0.3) is 0 Å². The molecular formula is C13H21NO3. The van der Waals surface area contributed by atoms with Crippen LogP contribution in [0.2, 0.25) is 0 Å². The number of carbonyl (C=O) groups is 1. The van der Waals surface area contributed by atoms with Crippen molar-refractivity contribution in [1.29, 1.82) is 0 Å². The van der Waals surface area contributed by atoms with Gasteiger partial charge in [-0.2, -0.15) is 0 Å². The van der Waals surface area contributed by atoms with Crippen LogP contribution >= 0.6 is 0 Å². The number of nitrogens with zero attached hydrogens (tertiary/aromatic N) is 1. The molecule has 1 amide bonds. The van der Waals surface area contributed by atoms with E-state index in [0.29, 0.717) is 23.8 Å². The van der Waals surface area contributed by atoms with E-state index in [0.717, 1.165) is 39.0 Å². The molecule has 0 aromatic carbocycles. The van der Waals surface area contributed by atoms with Crippen LogP contribution in [0, 0.1) is 11.8 Å². The van der Waals surface area contributed by atoms with Crippen LogP contribution in [0.1, 0.15) is 26.2 Å². The molecule has 0 unspecified atom stereocenters. The smallest absolute Gasteiger partial charge is 0.226 e. The number of hydrogen-bond donors (Lipinski definition) is 0. The summed E-state index contributed by atoms with van der Waals surface area (Å²) in [7, 11) is 1.76. The SMILES string of the molecule is CO[C@@H]1CCOC2(C1)CN(C(=O)[C@H]1C[C@H]1C)C2. The van der Waals surface area contributed by atoms with Crippen molar-refractivity contribution in [3.8, 4) is 0 Å². The fourth-order valence-corrected chi connectivity index (χ4v) is 3.11. The predicted octanol–water partition coefficient (Wildman–Crippen LogP) is 1.05. The van der Waals surface area contributed by atoms with Crippen LogP contribution in [-0.4, -0.2) is 49.3 Å². The first kappa shape index (κ1) is 11.5. The summed E-state index contributed by atoms with van der Waals surface area (Å²) in [5.41, 5.74) is -0.0906. The first-order valence-corrected chi connectivity index (χ1v) is 6.59. The number of hydrogen-bond acceptors (Lipinski definition) is 3. The van der Waals surface area contributed by atoms with Gasteiger partial charge in [0.2, 0.25) is 5.91 Å². The quantitative estimate of drug-likeness (QED) is 0.723. The standard InChI is InChI=1S/C13H21NO3/c1-9-5-11(9)12(15)14-7-13(8-14)6-10(16-2)3-4-17-13/h9-11H,3-8H2,1-2H3/t9-,10-,11+/m1/s1. The molecule has 4 nitrogen and oxygen atoms in total. The topological polar surface area (TPSA) is 38.8 Å². The van der Waals surface area contributed by atoms with E-state index in [2.05, 4.69) is 6.92 Å². The molecule has 3 aliphatic rings. The van der Waals surface area contributed by atoms with Gasteiger partial charge in [0.15, 0.2) is 0 Å². The number of rotatable bonds is 2. The molecule has 2 aliphatic heterocycles. The maximum Gasteiger partial charge on any atom is 0.226 e. The van der Waals surface area contributed by atoms with Gasteiger partial charge in [-0.1, -0.05) is 6.92 Å². The van der Waals surface area contributed by atoms with Crippen LogP contribution in [0.15, 0.2) is 0 Å². The highest BCUT2D eigenvalue weighted by atomic mass is 16.5. The van der Waals surface area contributed by atoms with E-state index in [1.54, 1.807) is 7.11 Å². The largest absolute Gasteiger partial charge is 0.381 e. The maximum absolute atomic E-state index is 12.0. The summed E-state index contributed by atoms with van der Waals surface area (Å²) < 4.78 is 11.3. The summed E-state index contributed by atoms with van der Waals surface area (Å²) in [5.74, 6) is 1.23. The summed E-state index contributed by atoms with van der Waals surface area (Å²) >= 11 is 0. The van der Waals surface area contributed by atoms with Gasteiger partial charge in [0.05, 0.1) is 19.2 Å². The summed E-state index contributed by atoms with van der Waals surface area (Å²) in [4.78, 5) is 14.0. The number of methoxy groups -OCH3 is 1. The fourth-order valence-electron chi connectivity index (χ4n) is 3.11. The normalized spacial score (nSPS) is 38.9. The lowest BCUT2D eigenvalue weighted by molar-refractivity contribution is -0.199. The van der Waals surface area contributed by atoms with E-state index in [-0.39, 0.29) is 5.60 Å². The van der Waals surface area contributed by atoms with Gasteiger partial charge in [-0.3, -0.25) is 4.79 Å². The van der Waals surface area contributed by atoms with Crippen LogP contribution in [0.25, 0.3) is 0 Å². The molecule has 1 spiro atoms. The van der Waals surface area contributed by atoms with Crippen LogP contribution in [0.4, 0.5) is 0 Å². The molecule has 96 valence electrons. The molecule has 0 radical (unpaired) electrons. The molecule has 1 saturated carbocycles. The number of likely N-dealkylation sites (tertiary alicyclic amines) is 1. The van der Waals surface area contributed by atoms with E-state index < -0.39 is 0 Å². The maximum atomic E-state index is 12.0. The zero-order chi connectivity index (χ0) is 12.0. The molecule has 0 N–H and O–H groups in total. The number of ether oxygens (including phenoxy) is 2. The molecule has 3 fully saturated rings. The molecule has 1 aliphatic carbocycles. The molecule has 2 saturated heterocycles. The van der Waals surface area contributed by atoms with Gasteiger partial charge >= 0.3 is 0 Å². The van der Waals surface area contributed by atoms with Crippen LogP contribution in [0.5, 0.6) is 0 Å². The third-order valence-corrected chi connectivity index (χ3v) is 4.48. The minimum atomic E-state index is -0.0906. The highest BCUT2D eigenvalue weighted by Gasteiger charge is 2.52. The molecule has 17 heavy (non-hydrogen) atoms. The molecule has 2 heterocycles. The van der Waals surface area contributed by atoms with Crippen molar-refractivity contribution in [2.45, 2.75) is 37.9 Å². The molecule has 0 bridgehead atoms. The Hall–Kier alpha value is -0.610. The first-order chi connectivity index (χ1) is 8.13. The average molecular weight is 239 g/mol. The number of amides is 1. The molecule has 4 heteroatoms.